The third-order valence-electron chi connectivity index (χ3n) is 3.17. The molecule has 1 aromatic heterocycles. The van der Waals surface area contributed by atoms with Crippen molar-refractivity contribution in [1.29, 1.82) is 0 Å². The van der Waals surface area contributed by atoms with Gasteiger partial charge in [0.2, 0.25) is 0 Å². The van der Waals surface area contributed by atoms with E-state index in [-0.39, 0.29) is 13.0 Å². The number of hydrogen-bond donors (Lipinski definition) is 3. The van der Waals surface area contributed by atoms with Gasteiger partial charge >= 0.3 is 5.97 Å². The van der Waals surface area contributed by atoms with E-state index in [1.54, 1.807) is 13.8 Å². The second kappa shape index (κ2) is 4.41. The third-order valence-corrected chi connectivity index (χ3v) is 3.17. The summed E-state index contributed by atoms with van der Waals surface area (Å²) in [6, 6.07) is -0.971. The molecule has 0 saturated carbocycles. The van der Waals surface area contributed by atoms with Crippen LogP contribution >= 0.6 is 0 Å². The molecule has 2 unspecified atom stereocenters. The molecule has 3 N–H and O–H groups in total. The first-order valence-corrected chi connectivity index (χ1v) is 5.65. The summed E-state index contributed by atoms with van der Waals surface area (Å²) >= 11 is 0. The quantitative estimate of drug-likeness (QED) is 0.670. The van der Waals surface area contributed by atoms with E-state index in [0.29, 0.717) is 17.0 Å². The number of aryl methyl sites for hydroxylation is 2. The molecule has 0 bridgehead atoms. The number of amides is 1. The predicted molar refractivity (Wildman–Crippen MR) is 61.1 cm³/mol. The van der Waals surface area contributed by atoms with E-state index in [2.05, 4.69) is 10.2 Å². The fourth-order valence-electron chi connectivity index (χ4n) is 2.28. The Balaban J connectivity index is 2.31. The minimum atomic E-state index is -1.10. The van der Waals surface area contributed by atoms with Gasteiger partial charge in [0.05, 0.1) is 17.4 Å². The van der Waals surface area contributed by atoms with Gasteiger partial charge in [0, 0.05) is 18.7 Å². The molecule has 0 aliphatic carbocycles. The molecule has 7 nitrogen and oxygen atoms in total. The molecule has 1 amide bonds. The Labute approximate surface area is 103 Å². The van der Waals surface area contributed by atoms with Crippen LogP contribution < -0.4 is 0 Å². The average molecular weight is 253 g/mol. The standard InChI is InChI=1S/C11H15N3O4/c1-5-9(6(2)13-12-5)10(16)14-4-7(15)3-8(14)11(17)18/h7-8,15H,3-4H2,1-2H3,(H,12,13)(H,17,18). The van der Waals surface area contributed by atoms with E-state index in [0.717, 1.165) is 0 Å². The Kier molecular flexibility index (Phi) is 3.08. The fraction of sp³-hybridized carbons (Fsp3) is 0.545. The van der Waals surface area contributed by atoms with E-state index in [4.69, 9.17) is 5.11 Å². The van der Waals surface area contributed by atoms with Crippen molar-refractivity contribution in [3.8, 4) is 0 Å². The number of aromatic nitrogens is 2. The maximum absolute atomic E-state index is 12.3. The van der Waals surface area contributed by atoms with Crippen LogP contribution in [0.2, 0.25) is 0 Å². The van der Waals surface area contributed by atoms with Gasteiger partial charge < -0.3 is 15.1 Å². The molecule has 1 aromatic rings. The number of carboxylic acid groups (broad SMARTS) is 1. The number of aromatic amines is 1. The highest BCUT2D eigenvalue weighted by Crippen LogP contribution is 2.22. The van der Waals surface area contributed by atoms with Crippen LogP contribution in [0.5, 0.6) is 0 Å². The summed E-state index contributed by atoms with van der Waals surface area (Å²) in [6.07, 6.45) is -0.723. The minimum Gasteiger partial charge on any atom is -0.480 e. The van der Waals surface area contributed by atoms with Gasteiger partial charge in [-0.3, -0.25) is 9.89 Å². The van der Waals surface area contributed by atoms with Crippen LogP contribution in [0.1, 0.15) is 28.2 Å². The molecule has 2 rings (SSSR count). The minimum absolute atomic E-state index is 0.0415. The predicted octanol–water partition coefficient (Wildman–Crippen LogP) is -0.313. The van der Waals surface area contributed by atoms with E-state index >= 15 is 0 Å². The molecule has 18 heavy (non-hydrogen) atoms. The zero-order valence-corrected chi connectivity index (χ0v) is 10.2. The fourth-order valence-corrected chi connectivity index (χ4v) is 2.28. The molecule has 7 heteroatoms. The number of nitrogens with zero attached hydrogens (tertiary/aromatic N) is 2. The van der Waals surface area contributed by atoms with Crippen LogP contribution in [0.4, 0.5) is 0 Å². The Hall–Kier alpha value is -1.89. The van der Waals surface area contributed by atoms with E-state index in [1.165, 1.54) is 4.90 Å². The monoisotopic (exact) mass is 253 g/mol. The Morgan fingerprint density at radius 1 is 1.44 bits per heavy atom. The smallest absolute Gasteiger partial charge is 0.326 e. The number of carboxylic acids is 1. The topological polar surface area (TPSA) is 107 Å². The van der Waals surface area contributed by atoms with Gasteiger partial charge in [-0.1, -0.05) is 0 Å². The summed E-state index contributed by atoms with van der Waals surface area (Å²) in [5.74, 6) is -1.50. The summed E-state index contributed by atoms with van der Waals surface area (Å²) in [7, 11) is 0. The number of aliphatic carboxylic acids is 1. The number of aliphatic hydroxyl groups is 1. The number of likely N-dealkylation sites (tertiary alicyclic amines) is 1. The lowest BCUT2D eigenvalue weighted by Crippen LogP contribution is -2.41. The second-order valence-corrected chi connectivity index (χ2v) is 4.51. The molecule has 2 heterocycles. The molecule has 1 fully saturated rings. The molecule has 0 spiro atoms. The van der Waals surface area contributed by atoms with Crippen LogP contribution in [-0.4, -0.2) is 55.9 Å². The van der Waals surface area contributed by atoms with Crippen molar-refractivity contribution in [3.63, 3.8) is 0 Å². The summed E-state index contributed by atoms with van der Waals surface area (Å²) in [4.78, 5) is 24.6. The van der Waals surface area contributed by atoms with Crippen molar-refractivity contribution in [1.82, 2.24) is 15.1 Å². The molecular formula is C11H15N3O4. The molecule has 1 aliphatic rings. The van der Waals surface area contributed by atoms with Gasteiger partial charge in [0.15, 0.2) is 0 Å². The van der Waals surface area contributed by atoms with Crippen molar-refractivity contribution >= 4 is 11.9 Å². The Morgan fingerprint density at radius 2 is 2.11 bits per heavy atom. The first kappa shape index (κ1) is 12.6. The van der Waals surface area contributed by atoms with Gasteiger partial charge in [-0.05, 0) is 13.8 Å². The van der Waals surface area contributed by atoms with Gasteiger partial charge in [-0.15, -0.1) is 0 Å². The van der Waals surface area contributed by atoms with Crippen LogP contribution in [0.15, 0.2) is 0 Å². The number of aliphatic hydroxyl groups excluding tert-OH is 1. The van der Waals surface area contributed by atoms with Gasteiger partial charge in [-0.25, -0.2) is 4.79 Å². The zero-order valence-electron chi connectivity index (χ0n) is 10.2. The van der Waals surface area contributed by atoms with Gasteiger partial charge in [0.25, 0.3) is 5.91 Å². The highest BCUT2D eigenvalue weighted by atomic mass is 16.4. The Bertz CT molecular complexity index is 477. The number of carbonyl (C=O) groups excluding carboxylic acids is 1. The zero-order chi connectivity index (χ0) is 13.4. The number of nitrogens with one attached hydrogen (secondary N) is 1. The average Bonchev–Trinajstić information content (AvgIpc) is 2.82. The first-order valence-electron chi connectivity index (χ1n) is 5.65. The second-order valence-electron chi connectivity index (χ2n) is 4.51. The summed E-state index contributed by atoms with van der Waals surface area (Å²) in [5, 5.41) is 25.2. The van der Waals surface area contributed by atoms with Crippen LogP contribution in [0, 0.1) is 13.8 Å². The van der Waals surface area contributed by atoms with Crippen LogP contribution in [-0.2, 0) is 4.79 Å². The normalized spacial score (nSPS) is 23.4. The summed E-state index contributed by atoms with van der Waals surface area (Å²) in [6.45, 7) is 3.42. The summed E-state index contributed by atoms with van der Waals surface area (Å²) < 4.78 is 0. The van der Waals surface area contributed by atoms with Crippen molar-refractivity contribution in [2.24, 2.45) is 0 Å². The SMILES string of the molecule is Cc1n[nH]c(C)c1C(=O)N1CC(O)CC1C(=O)O. The number of rotatable bonds is 2. The lowest BCUT2D eigenvalue weighted by molar-refractivity contribution is -0.141. The lowest BCUT2D eigenvalue weighted by atomic mass is 10.1. The van der Waals surface area contributed by atoms with Crippen molar-refractivity contribution in [2.75, 3.05) is 6.54 Å². The largest absolute Gasteiger partial charge is 0.480 e. The number of hydrogen-bond acceptors (Lipinski definition) is 4. The molecule has 2 atom stereocenters. The maximum atomic E-state index is 12.3. The van der Waals surface area contributed by atoms with E-state index < -0.39 is 24.0 Å². The first-order chi connectivity index (χ1) is 8.41. The Morgan fingerprint density at radius 3 is 2.61 bits per heavy atom. The van der Waals surface area contributed by atoms with Crippen molar-refractivity contribution in [2.45, 2.75) is 32.4 Å². The molecule has 1 saturated heterocycles. The van der Waals surface area contributed by atoms with Crippen LogP contribution in [0.3, 0.4) is 0 Å². The lowest BCUT2D eigenvalue weighted by Gasteiger charge is -2.21. The molecule has 0 aromatic carbocycles. The van der Waals surface area contributed by atoms with E-state index in [1.807, 2.05) is 0 Å². The maximum Gasteiger partial charge on any atom is 0.326 e. The molecule has 98 valence electrons. The third kappa shape index (κ3) is 1.97. The highest BCUT2D eigenvalue weighted by molar-refractivity contribution is 5.98. The van der Waals surface area contributed by atoms with Crippen molar-refractivity contribution in [3.05, 3.63) is 17.0 Å². The number of carbonyl (C=O) groups is 2. The number of β-amino-alcohol motifs (C(OH)–C–C–N with tert-alkyl or cyclic N) is 1. The molecular weight excluding hydrogens is 238 g/mol. The van der Waals surface area contributed by atoms with Gasteiger partial charge in [-0.2, -0.15) is 5.10 Å². The molecule has 1 aliphatic heterocycles. The van der Waals surface area contributed by atoms with Crippen LogP contribution in [0.25, 0.3) is 0 Å². The molecule has 0 radical (unpaired) electrons. The van der Waals surface area contributed by atoms with Crippen molar-refractivity contribution < 1.29 is 19.8 Å². The summed E-state index contributed by atoms with van der Waals surface area (Å²) in [5.41, 5.74) is 1.52. The van der Waals surface area contributed by atoms with Gasteiger partial charge in [0.1, 0.15) is 6.04 Å². The number of H-pyrrole nitrogens is 1. The highest BCUT2D eigenvalue weighted by Gasteiger charge is 2.40. The van der Waals surface area contributed by atoms with E-state index in [9.17, 15) is 14.7 Å².